The molecule has 3 atom stereocenters. The summed E-state index contributed by atoms with van der Waals surface area (Å²) in [6, 6.07) is 7.68. The molecule has 198 valence electrons. The molecule has 1 aromatic carbocycles. The molecule has 0 bridgehead atoms. The minimum atomic E-state index is -0.951. The fraction of sp³-hybridized carbons (Fsp3) is 0.556. The Morgan fingerprint density at radius 1 is 0.972 bits per heavy atom. The van der Waals surface area contributed by atoms with Crippen LogP contribution in [-0.2, 0) is 27.2 Å². The van der Waals surface area contributed by atoms with Crippen molar-refractivity contribution >= 4 is 17.7 Å². The number of benzene rings is 1. The molecule has 0 radical (unpaired) electrons. The fourth-order valence-corrected chi connectivity index (χ4v) is 3.76. The van der Waals surface area contributed by atoms with Crippen LogP contribution < -0.4 is 16.0 Å². The molecular formula is C27H41N5O4. The molecule has 5 N–H and O–H groups in total. The van der Waals surface area contributed by atoms with Gasteiger partial charge in [0.15, 0.2) is 0 Å². The van der Waals surface area contributed by atoms with Crippen LogP contribution in [0.15, 0.2) is 42.9 Å². The van der Waals surface area contributed by atoms with Gasteiger partial charge in [-0.05, 0) is 23.3 Å². The van der Waals surface area contributed by atoms with Gasteiger partial charge in [0, 0.05) is 31.3 Å². The number of hydrogen-bond acceptors (Lipinski definition) is 5. The summed E-state index contributed by atoms with van der Waals surface area (Å²) in [4.78, 5) is 46.4. The molecule has 9 heteroatoms. The molecule has 1 heterocycles. The predicted octanol–water partition coefficient (Wildman–Crippen LogP) is 1.98. The van der Waals surface area contributed by atoms with E-state index >= 15 is 0 Å². The maximum absolute atomic E-state index is 13.4. The van der Waals surface area contributed by atoms with E-state index < -0.39 is 29.8 Å². The summed E-state index contributed by atoms with van der Waals surface area (Å²) in [6.07, 6.45) is 4.05. The zero-order chi connectivity index (χ0) is 26.7. The lowest BCUT2D eigenvalue weighted by Gasteiger charge is -2.26. The van der Waals surface area contributed by atoms with Gasteiger partial charge in [-0.1, -0.05) is 65.0 Å². The van der Waals surface area contributed by atoms with Crippen molar-refractivity contribution in [3.63, 3.8) is 0 Å². The SMILES string of the molecule is CC(C)C[C@H](CO)C(=O)N[C@H](Cc1cnc[nH]1)C(=O)N[C@H](Cc1ccccc1)C(=O)NCC(C)(C)C. The van der Waals surface area contributed by atoms with Crippen molar-refractivity contribution in [2.75, 3.05) is 13.2 Å². The molecule has 0 saturated heterocycles. The largest absolute Gasteiger partial charge is 0.396 e. The third-order valence-corrected chi connectivity index (χ3v) is 5.67. The number of carbonyl (C=O) groups is 3. The normalized spacial score (nSPS) is 14.1. The molecule has 0 fully saturated rings. The molecule has 2 aromatic rings. The summed E-state index contributed by atoms with van der Waals surface area (Å²) in [5.74, 6) is -1.60. The number of carbonyl (C=O) groups excluding carboxylic acids is 3. The van der Waals surface area contributed by atoms with E-state index in [0.29, 0.717) is 25.1 Å². The molecule has 0 aliphatic carbocycles. The Labute approximate surface area is 213 Å². The summed E-state index contributed by atoms with van der Waals surface area (Å²) in [5.41, 5.74) is 1.45. The second-order valence-electron chi connectivity index (χ2n) is 10.9. The first kappa shape index (κ1) is 29.0. The number of aliphatic hydroxyl groups excluding tert-OH is 1. The molecule has 0 unspecified atom stereocenters. The van der Waals surface area contributed by atoms with Gasteiger partial charge in [0.05, 0.1) is 18.9 Å². The number of amides is 3. The first-order valence-corrected chi connectivity index (χ1v) is 12.5. The number of nitrogens with zero attached hydrogens (tertiary/aromatic N) is 1. The van der Waals surface area contributed by atoms with Crippen LogP contribution in [0.25, 0.3) is 0 Å². The lowest BCUT2D eigenvalue weighted by atomic mass is 9.96. The van der Waals surface area contributed by atoms with E-state index in [-0.39, 0.29) is 30.3 Å². The molecule has 36 heavy (non-hydrogen) atoms. The number of nitrogens with one attached hydrogen (secondary N) is 4. The third kappa shape index (κ3) is 10.2. The second kappa shape index (κ2) is 13.8. The summed E-state index contributed by atoms with van der Waals surface area (Å²) in [7, 11) is 0. The average Bonchev–Trinajstić information content (AvgIpc) is 3.33. The summed E-state index contributed by atoms with van der Waals surface area (Å²) in [5, 5.41) is 18.3. The molecule has 0 aliphatic heterocycles. The van der Waals surface area contributed by atoms with E-state index in [0.717, 1.165) is 5.56 Å². The van der Waals surface area contributed by atoms with Gasteiger partial charge >= 0.3 is 0 Å². The van der Waals surface area contributed by atoms with Gasteiger partial charge in [-0.15, -0.1) is 0 Å². The van der Waals surface area contributed by atoms with Gasteiger partial charge in [0.1, 0.15) is 12.1 Å². The predicted molar refractivity (Wildman–Crippen MR) is 139 cm³/mol. The van der Waals surface area contributed by atoms with Crippen molar-refractivity contribution in [3.8, 4) is 0 Å². The number of hydrogen-bond donors (Lipinski definition) is 5. The number of aliphatic hydroxyl groups is 1. The summed E-state index contributed by atoms with van der Waals surface area (Å²) in [6.45, 7) is 10.1. The van der Waals surface area contributed by atoms with E-state index in [2.05, 4.69) is 25.9 Å². The number of imidazole rings is 1. The van der Waals surface area contributed by atoms with Crippen LogP contribution in [-0.4, -0.2) is 58.0 Å². The van der Waals surface area contributed by atoms with Crippen molar-refractivity contribution < 1.29 is 19.5 Å². The van der Waals surface area contributed by atoms with Crippen molar-refractivity contribution in [2.45, 2.75) is 66.0 Å². The molecule has 2 rings (SSSR count). The zero-order valence-corrected chi connectivity index (χ0v) is 22.0. The highest BCUT2D eigenvalue weighted by Crippen LogP contribution is 2.13. The lowest BCUT2D eigenvalue weighted by Crippen LogP contribution is -2.56. The van der Waals surface area contributed by atoms with Crippen molar-refractivity contribution in [1.82, 2.24) is 25.9 Å². The zero-order valence-electron chi connectivity index (χ0n) is 22.0. The lowest BCUT2D eigenvalue weighted by molar-refractivity contribution is -0.134. The van der Waals surface area contributed by atoms with Gasteiger partial charge in [0.2, 0.25) is 17.7 Å². The minimum absolute atomic E-state index is 0.121. The number of aromatic amines is 1. The average molecular weight is 500 g/mol. The molecule has 0 aliphatic rings. The molecule has 3 amide bonds. The molecule has 9 nitrogen and oxygen atoms in total. The molecule has 1 aromatic heterocycles. The second-order valence-corrected chi connectivity index (χ2v) is 10.9. The van der Waals surface area contributed by atoms with E-state index in [4.69, 9.17) is 0 Å². The van der Waals surface area contributed by atoms with E-state index in [9.17, 15) is 19.5 Å². The Hall–Kier alpha value is -3.20. The van der Waals surface area contributed by atoms with Crippen LogP contribution in [0.2, 0.25) is 0 Å². The van der Waals surface area contributed by atoms with Crippen LogP contribution in [0.4, 0.5) is 0 Å². The molecular weight excluding hydrogens is 458 g/mol. The third-order valence-electron chi connectivity index (χ3n) is 5.67. The van der Waals surface area contributed by atoms with Crippen LogP contribution in [0.1, 0.15) is 52.3 Å². The Kier molecular flexibility index (Phi) is 11.1. The fourth-order valence-electron chi connectivity index (χ4n) is 3.76. The highest BCUT2D eigenvalue weighted by Gasteiger charge is 2.30. The van der Waals surface area contributed by atoms with Gasteiger partial charge in [-0.25, -0.2) is 4.98 Å². The Morgan fingerprint density at radius 2 is 1.61 bits per heavy atom. The molecule has 0 saturated carbocycles. The first-order chi connectivity index (χ1) is 17.0. The Bertz CT molecular complexity index is 954. The van der Waals surface area contributed by atoms with E-state index in [1.165, 1.54) is 6.33 Å². The van der Waals surface area contributed by atoms with Crippen LogP contribution in [0.3, 0.4) is 0 Å². The molecule has 0 spiro atoms. The van der Waals surface area contributed by atoms with Crippen molar-refractivity contribution in [3.05, 3.63) is 54.1 Å². The monoisotopic (exact) mass is 499 g/mol. The number of H-pyrrole nitrogens is 1. The van der Waals surface area contributed by atoms with Gasteiger partial charge in [-0.3, -0.25) is 14.4 Å². The highest BCUT2D eigenvalue weighted by atomic mass is 16.3. The maximum Gasteiger partial charge on any atom is 0.243 e. The number of aromatic nitrogens is 2. The van der Waals surface area contributed by atoms with Crippen LogP contribution >= 0.6 is 0 Å². The number of rotatable bonds is 13. The van der Waals surface area contributed by atoms with E-state index in [1.807, 2.05) is 65.0 Å². The maximum atomic E-state index is 13.4. The minimum Gasteiger partial charge on any atom is -0.396 e. The smallest absolute Gasteiger partial charge is 0.243 e. The summed E-state index contributed by atoms with van der Waals surface area (Å²) >= 11 is 0. The van der Waals surface area contributed by atoms with Crippen molar-refractivity contribution in [2.24, 2.45) is 17.3 Å². The van der Waals surface area contributed by atoms with Gasteiger partial charge in [0.25, 0.3) is 0 Å². The highest BCUT2D eigenvalue weighted by molar-refractivity contribution is 5.92. The quantitative estimate of drug-likeness (QED) is 0.287. The van der Waals surface area contributed by atoms with Gasteiger partial charge < -0.3 is 26.0 Å². The Morgan fingerprint density at radius 3 is 2.17 bits per heavy atom. The van der Waals surface area contributed by atoms with Gasteiger partial charge in [-0.2, -0.15) is 0 Å². The first-order valence-electron chi connectivity index (χ1n) is 12.5. The Balaban J connectivity index is 2.22. The topological polar surface area (TPSA) is 136 Å². The standard InChI is InChI=1S/C27H41N5O4/c1-18(2)11-20(15-33)24(34)31-23(13-21-14-28-17-30-21)26(36)32-22(12-19-9-7-6-8-10-19)25(35)29-16-27(3,4)5/h6-10,14,17-18,20,22-23,33H,11-13,15-16H2,1-5H3,(H,28,30)(H,29,35)(H,31,34)(H,32,36)/t20-,22-,23-/m1/s1. The summed E-state index contributed by atoms with van der Waals surface area (Å²) < 4.78 is 0. The van der Waals surface area contributed by atoms with Crippen LogP contribution in [0, 0.1) is 17.3 Å². The van der Waals surface area contributed by atoms with Crippen LogP contribution in [0.5, 0.6) is 0 Å². The van der Waals surface area contributed by atoms with E-state index in [1.54, 1.807) is 6.20 Å². The van der Waals surface area contributed by atoms with Crippen molar-refractivity contribution in [1.29, 1.82) is 0 Å².